The quantitative estimate of drug-likeness (QED) is 0.908. The number of carboxylic acid groups (broad SMARTS) is 1. The van der Waals surface area contributed by atoms with Crippen LogP contribution in [-0.2, 0) is 11.2 Å². The number of carbonyl (C=O) groups is 2. The lowest BCUT2D eigenvalue weighted by Gasteiger charge is -2.10. The highest BCUT2D eigenvalue weighted by Gasteiger charge is 2.10. The van der Waals surface area contributed by atoms with Crippen molar-refractivity contribution in [3.05, 3.63) is 64.2 Å². The summed E-state index contributed by atoms with van der Waals surface area (Å²) >= 11 is 6.01. The molecule has 5 heteroatoms. The normalized spacial score (nSPS) is 10.2. The van der Waals surface area contributed by atoms with Gasteiger partial charge in [-0.05, 0) is 42.3 Å². The van der Waals surface area contributed by atoms with Crippen LogP contribution in [-0.4, -0.2) is 17.0 Å². The maximum absolute atomic E-state index is 12.0. The smallest absolute Gasteiger partial charge is 0.335 e. The molecule has 0 spiro atoms. The molecule has 4 nitrogen and oxygen atoms in total. The van der Waals surface area contributed by atoms with E-state index in [1.165, 1.54) is 12.1 Å². The number of carbonyl (C=O) groups excluding carboxylic acids is 1. The van der Waals surface area contributed by atoms with Gasteiger partial charge < -0.3 is 10.4 Å². The molecule has 0 heterocycles. The van der Waals surface area contributed by atoms with Gasteiger partial charge in [-0.3, -0.25) is 4.79 Å². The molecule has 0 atom stereocenters. The molecule has 1 amide bonds. The Morgan fingerprint density at radius 2 is 1.90 bits per heavy atom. The van der Waals surface area contributed by atoms with Crippen LogP contribution in [0.3, 0.4) is 0 Å². The van der Waals surface area contributed by atoms with Gasteiger partial charge >= 0.3 is 5.97 Å². The summed E-state index contributed by atoms with van der Waals surface area (Å²) in [5.74, 6) is -1.19. The number of amides is 1. The second kappa shape index (κ2) is 6.41. The van der Waals surface area contributed by atoms with Crippen molar-refractivity contribution in [2.45, 2.75) is 13.3 Å². The maximum atomic E-state index is 12.0. The number of halogens is 1. The third-order valence-corrected chi connectivity index (χ3v) is 3.43. The van der Waals surface area contributed by atoms with Gasteiger partial charge in [-0.25, -0.2) is 4.79 Å². The van der Waals surface area contributed by atoms with Crippen LogP contribution >= 0.6 is 11.6 Å². The Kier molecular flexibility index (Phi) is 4.60. The predicted octanol–water partition coefficient (Wildman–Crippen LogP) is 3.53. The average Bonchev–Trinajstić information content (AvgIpc) is 2.43. The maximum Gasteiger partial charge on any atom is 0.335 e. The second-order valence-electron chi connectivity index (χ2n) is 4.65. The third kappa shape index (κ3) is 3.83. The number of carboxylic acids is 1. The minimum Gasteiger partial charge on any atom is -0.478 e. The first kappa shape index (κ1) is 15.1. The standard InChI is InChI=1S/C16H14ClNO3/c1-10-8-12(16(20)21)6-7-14(10)18-15(19)9-11-4-2-3-5-13(11)17/h2-8H,9H2,1H3,(H,18,19)(H,20,21). The minimum atomic E-state index is -0.993. The molecule has 2 rings (SSSR count). The fourth-order valence-electron chi connectivity index (χ4n) is 1.95. The van der Waals surface area contributed by atoms with Crippen LogP contribution in [0.15, 0.2) is 42.5 Å². The molecule has 0 aliphatic rings. The minimum absolute atomic E-state index is 0.166. The van der Waals surface area contributed by atoms with Crippen molar-refractivity contribution in [2.75, 3.05) is 5.32 Å². The molecule has 0 bridgehead atoms. The van der Waals surface area contributed by atoms with E-state index in [-0.39, 0.29) is 17.9 Å². The van der Waals surface area contributed by atoms with Gasteiger partial charge in [0.1, 0.15) is 0 Å². The first-order valence-corrected chi connectivity index (χ1v) is 6.72. The molecular formula is C16H14ClNO3. The Hall–Kier alpha value is -2.33. The van der Waals surface area contributed by atoms with Gasteiger partial charge in [-0.15, -0.1) is 0 Å². The van der Waals surface area contributed by atoms with Crippen LogP contribution in [0.5, 0.6) is 0 Å². The van der Waals surface area contributed by atoms with Gasteiger partial charge in [0.25, 0.3) is 0 Å². The topological polar surface area (TPSA) is 66.4 Å². The highest BCUT2D eigenvalue weighted by atomic mass is 35.5. The Morgan fingerprint density at radius 1 is 1.19 bits per heavy atom. The molecule has 0 aromatic heterocycles. The van der Waals surface area contributed by atoms with Crippen LogP contribution in [0.4, 0.5) is 5.69 Å². The Balaban J connectivity index is 2.10. The van der Waals surface area contributed by atoms with Crippen molar-refractivity contribution in [2.24, 2.45) is 0 Å². The summed E-state index contributed by atoms with van der Waals surface area (Å²) in [7, 11) is 0. The summed E-state index contributed by atoms with van der Waals surface area (Å²) in [5.41, 5.74) is 2.23. The molecule has 2 N–H and O–H groups in total. The number of aryl methyl sites for hydroxylation is 1. The zero-order valence-electron chi connectivity index (χ0n) is 11.4. The molecule has 0 saturated heterocycles. The van der Waals surface area contributed by atoms with Crippen LogP contribution in [0.25, 0.3) is 0 Å². The van der Waals surface area contributed by atoms with E-state index in [2.05, 4.69) is 5.32 Å². The van der Waals surface area contributed by atoms with E-state index in [0.717, 1.165) is 5.56 Å². The van der Waals surface area contributed by atoms with Gasteiger partial charge in [0, 0.05) is 10.7 Å². The van der Waals surface area contributed by atoms with E-state index in [1.807, 2.05) is 6.07 Å². The van der Waals surface area contributed by atoms with Gasteiger partial charge in [-0.1, -0.05) is 29.8 Å². The Labute approximate surface area is 127 Å². The molecule has 0 radical (unpaired) electrons. The van der Waals surface area contributed by atoms with Gasteiger partial charge in [0.15, 0.2) is 0 Å². The molecule has 2 aromatic rings. The van der Waals surface area contributed by atoms with Gasteiger partial charge in [-0.2, -0.15) is 0 Å². The molecule has 0 saturated carbocycles. The first-order valence-electron chi connectivity index (χ1n) is 6.34. The van der Waals surface area contributed by atoms with E-state index in [9.17, 15) is 9.59 Å². The lowest BCUT2D eigenvalue weighted by Crippen LogP contribution is -2.15. The summed E-state index contributed by atoms with van der Waals surface area (Å²) < 4.78 is 0. The number of benzene rings is 2. The third-order valence-electron chi connectivity index (χ3n) is 3.06. The fourth-order valence-corrected chi connectivity index (χ4v) is 2.15. The molecule has 0 unspecified atom stereocenters. The molecule has 2 aromatic carbocycles. The van der Waals surface area contributed by atoms with Crippen LogP contribution in [0.1, 0.15) is 21.5 Å². The predicted molar refractivity (Wildman–Crippen MR) is 81.9 cm³/mol. The Bertz CT molecular complexity index is 698. The highest BCUT2D eigenvalue weighted by molar-refractivity contribution is 6.31. The number of nitrogens with one attached hydrogen (secondary N) is 1. The summed E-state index contributed by atoms with van der Waals surface area (Å²) in [6.07, 6.45) is 0.166. The summed E-state index contributed by atoms with van der Waals surface area (Å²) in [6, 6.07) is 11.7. The summed E-state index contributed by atoms with van der Waals surface area (Å²) in [5, 5.41) is 12.2. The molecule has 21 heavy (non-hydrogen) atoms. The molecule has 0 aliphatic heterocycles. The van der Waals surface area contributed by atoms with Crippen molar-refractivity contribution in [3.63, 3.8) is 0 Å². The largest absolute Gasteiger partial charge is 0.478 e. The van der Waals surface area contributed by atoms with Crippen molar-refractivity contribution in [1.82, 2.24) is 0 Å². The summed E-state index contributed by atoms with van der Waals surface area (Å²) in [4.78, 5) is 22.9. The van der Waals surface area contributed by atoms with E-state index < -0.39 is 5.97 Å². The SMILES string of the molecule is Cc1cc(C(=O)O)ccc1NC(=O)Cc1ccccc1Cl. The van der Waals surface area contributed by atoms with E-state index in [4.69, 9.17) is 16.7 Å². The molecule has 0 aliphatic carbocycles. The van der Waals surface area contributed by atoms with E-state index in [0.29, 0.717) is 16.3 Å². The number of hydrogen-bond donors (Lipinski definition) is 2. The molecule has 108 valence electrons. The average molecular weight is 304 g/mol. The number of rotatable bonds is 4. The van der Waals surface area contributed by atoms with Crippen molar-refractivity contribution >= 4 is 29.2 Å². The van der Waals surface area contributed by atoms with E-state index >= 15 is 0 Å². The zero-order valence-corrected chi connectivity index (χ0v) is 12.1. The van der Waals surface area contributed by atoms with E-state index in [1.54, 1.807) is 31.2 Å². The number of anilines is 1. The van der Waals surface area contributed by atoms with Crippen LogP contribution in [0, 0.1) is 6.92 Å². The number of aromatic carboxylic acids is 1. The Morgan fingerprint density at radius 3 is 2.52 bits per heavy atom. The monoisotopic (exact) mass is 303 g/mol. The van der Waals surface area contributed by atoms with Gasteiger partial charge in [0.05, 0.1) is 12.0 Å². The van der Waals surface area contributed by atoms with Crippen LogP contribution < -0.4 is 5.32 Å². The lowest BCUT2D eigenvalue weighted by molar-refractivity contribution is -0.115. The molecular weight excluding hydrogens is 290 g/mol. The second-order valence-corrected chi connectivity index (χ2v) is 5.06. The van der Waals surface area contributed by atoms with Crippen molar-refractivity contribution in [3.8, 4) is 0 Å². The lowest BCUT2D eigenvalue weighted by atomic mass is 10.1. The molecule has 0 fully saturated rings. The first-order chi connectivity index (χ1) is 9.97. The van der Waals surface area contributed by atoms with Crippen molar-refractivity contribution in [1.29, 1.82) is 0 Å². The van der Waals surface area contributed by atoms with Crippen molar-refractivity contribution < 1.29 is 14.7 Å². The summed E-state index contributed by atoms with van der Waals surface area (Å²) in [6.45, 7) is 1.75. The van der Waals surface area contributed by atoms with Crippen LogP contribution in [0.2, 0.25) is 5.02 Å². The fraction of sp³-hybridized carbons (Fsp3) is 0.125. The number of hydrogen-bond acceptors (Lipinski definition) is 2. The van der Waals surface area contributed by atoms with Gasteiger partial charge in [0.2, 0.25) is 5.91 Å². The highest BCUT2D eigenvalue weighted by Crippen LogP contribution is 2.19. The zero-order chi connectivity index (χ0) is 15.4.